The molecule has 2 heterocycles. The van der Waals surface area contributed by atoms with Crippen LogP contribution in [0.5, 0.6) is 0 Å². The van der Waals surface area contributed by atoms with Crippen molar-refractivity contribution < 1.29 is 14.7 Å². The number of hydrogen-bond donors (Lipinski definition) is 1. The Bertz CT molecular complexity index is 1230. The molecular weight excluding hydrogens is 456 g/mol. The third-order valence-corrected chi connectivity index (χ3v) is 6.56. The second-order valence-corrected chi connectivity index (χ2v) is 8.54. The van der Waals surface area contributed by atoms with Crippen molar-refractivity contribution in [3.05, 3.63) is 98.8 Å². The number of aryl methyl sites for hydroxylation is 3. The van der Waals surface area contributed by atoms with E-state index in [1.807, 2.05) is 45.0 Å². The molecule has 1 saturated heterocycles. The van der Waals surface area contributed by atoms with E-state index < -0.39 is 17.7 Å². The minimum absolute atomic E-state index is 0.0659. The van der Waals surface area contributed by atoms with Gasteiger partial charge in [-0.25, -0.2) is 0 Å². The number of rotatable bonds is 3. The van der Waals surface area contributed by atoms with Crippen molar-refractivity contribution in [2.24, 2.45) is 0 Å². The Kier molecular flexibility index (Phi) is 5.50. The van der Waals surface area contributed by atoms with E-state index in [2.05, 4.69) is 20.9 Å². The van der Waals surface area contributed by atoms with Crippen molar-refractivity contribution >= 4 is 39.1 Å². The van der Waals surface area contributed by atoms with Gasteiger partial charge in [0.15, 0.2) is 0 Å². The van der Waals surface area contributed by atoms with Crippen LogP contribution in [0, 0.1) is 20.8 Å². The van der Waals surface area contributed by atoms with Crippen LogP contribution in [0.4, 0.5) is 5.69 Å². The number of nitrogens with zero attached hydrogens (tertiary/aromatic N) is 2. The van der Waals surface area contributed by atoms with Crippen molar-refractivity contribution in [2.75, 3.05) is 4.90 Å². The monoisotopic (exact) mass is 476 g/mol. The van der Waals surface area contributed by atoms with Gasteiger partial charge in [-0.15, -0.1) is 0 Å². The maximum Gasteiger partial charge on any atom is 0.300 e. The van der Waals surface area contributed by atoms with Crippen molar-refractivity contribution in [1.82, 2.24) is 4.98 Å². The minimum Gasteiger partial charge on any atom is -0.507 e. The first-order valence-electron chi connectivity index (χ1n) is 9.84. The summed E-state index contributed by atoms with van der Waals surface area (Å²) < 4.78 is 0.894. The lowest BCUT2D eigenvalue weighted by Gasteiger charge is -2.26. The normalized spacial score (nSPS) is 17.9. The Morgan fingerprint density at radius 2 is 1.65 bits per heavy atom. The Hall–Kier alpha value is -3.25. The Balaban J connectivity index is 1.95. The van der Waals surface area contributed by atoms with Crippen LogP contribution < -0.4 is 4.90 Å². The van der Waals surface area contributed by atoms with E-state index in [0.717, 1.165) is 21.2 Å². The molecule has 1 aromatic heterocycles. The van der Waals surface area contributed by atoms with E-state index in [-0.39, 0.29) is 11.3 Å². The molecule has 0 radical (unpaired) electrons. The number of hydrogen-bond acceptors (Lipinski definition) is 4. The highest BCUT2D eigenvalue weighted by atomic mass is 79.9. The number of benzene rings is 2. The lowest BCUT2D eigenvalue weighted by atomic mass is 9.95. The zero-order chi connectivity index (χ0) is 22.3. The number of aliphatic hydroxyl groups excluding tert-OH is 1. The van der Waals surface area contributed by atoms with Crippen LogP contribution in [0.15, 0.2) is 71.0 Å². The van der Waals surface area contributed by atoms with Gasteiger partial charge in [-0.05, 0) is 79.4 Å². The van der Waals surface area contributed by atoms with E-state index in [0.29, 0.717) is 16.8 Å². The molecule has 1 fully saturated rings. The second kappa shape index (κ2) is 8.12. The number of aliphatic hydroxyl groups is 1. The SMILES string of the molecule is Cc1ccc(N2C(=O)C(=O)/C(=C(/O)c3ccc(Br)c(C)c3)C2c2ccncc2)cc1C. The minimum atomic E-state index is -0.756. The predicted octanol–water partition coefficient (Wildman–Crippen LogP) is 5.40. The lowest BCUT2D eigenvalue weighted by molar-refractivity contribution is -0.132. The highest BCUT2D eigenvalue weighted by Gasteiger charge is 2.47. The second-order valence-electron chi connectivity index (χ2n) is 7.68. The summed E-state index contributed by atoms with van der Waals surface area (Å²) in [6.45, 7) is 5.85. The van der Waals surface area contributed by atoms with Crippen LogP contribution in [0.2, 0.25) is 0 Å². The van der Waals surface area contributed by atoms with E-state index in [1.165, 1.54) is 4.90 Å². The number of aromatic nitrogens is 1. The molecule has 0 spiro atoms. The highest BCUT2D eigenvalue weighted by molar-refractivity contribution is 9.10. The van der Waals surface area contributed by atoms with Crippen LogP contribution in [-0.4, -0.2) is 21.8 Å². The molecule has 5 nitrogen and oxygen atoms in total. The molecule has 0 bridgehead atoms. The van der Waals surface area contributed by atoms with Gasteiger partial charge in [0.05, 0.1) is 11.6 Å². The quantitative estimate of drug-likeness (QED) is 0.312. The average Bonchev–Trinajstić information content (AvgIpc) is 3.03. The van der Waals surface area contributed by atoms with Gasteiger partial charge in [0.2, 0.25) is 0 Å². The number of carbonyl (C=O) groups excluding carboxylic acids is 2. The van der Waals surface area contributed by atoms with Gasteiger partial charge in [-0.2, -0.15) is 0 Å². The molecular formula is C25H21BrN2O3. The molecule has 1 amide bonds. The fourth-order valence-electron chi connectivity index (χ4n) is 3.78. The molecule has 2 aromatic carbocycles. The molecule has 6 heteroatoms. The van der Waals surface area contributed by atoms with Crippen LogP contribution in [-0.2, 0) is 9.59 Å². The summed E-state index contributed by atoms with van der Waals surface area (Å²) in [6, 6.07) is 13.7. The van der Waals surface area contributed by atoms with E-state index in [1.54, 1.807) is 36.7 Å². The van der Waals surface area contributed by atoms with Gasteiger partial charge in [-0.3, -0.25) is 19.5 Å². The number of carbonyl (C=O) groups is 2. The first-order valence-corrected chi connectivity index (χ1v) is 10.6. The van der Waals surface area contributed by atoms with Gasteiger partial charge in [-0.1, -0.05) is 28.1 Å². The van der Waals surface area contributed by atoms with Crippen LogP contribution in [0.3, 0.4) is 0 Å². The molecule has 156 valence electrons. The third-order valence-electron chi connectivity index (χ3n) is 5.67. The number of halogens is 1. The molecule has 0 aliphatic carbocycles. The first kappa shape index (κ1) is 21.0. The van der Waals surface area contributed by atoms with Crippen LogP contribution in [0.1, 0.15) is 33.9 Å². The van der Waals surface area contributed by atoms with E-state index >= 15 is 0 Å². The number of Topliss-reactive ketones (excluding diaryl/α,β-unsaturated/α-hetero) is 1. The Morgan fingerprint density at radius 3 is 2.29 bits per heavy atom. The van der Waals surface area contributed by atoms with Crippen molar-refractivity contribution in [3.8, 4) is 0 Å². The smallest absolute Gasteiger partial charge is 0.300 e. The summed E-state index contributed by atoms with van der Waals surface area (Å²) in [7, 11) is 0. The maximum atomic E-state index is 13.2. The summed E-state index contributed by atoms with van der Waals surface area (Å²) in [5.41, 5.74) is 4.87. The summed E-state index contributed by atoms with van der Waals surface area (Å²) in [4.78, 5) is 31.8. The molecule has 1 unspecified atom stereocenters. The van der Waals surface area contributed by atoms with Crippen molar-refractivity contribution in [2.45, 2.75) is 26.8 Å². The van der Waals surface area contributed by atoms with Crippen LogP contribution in [0.25, 0.3) is 5.76 Å². The topological polar surface area (TPSA) is 70.5 Å². The third kappa shape index (κ3) is 3.68. The van der Waals surface area contributed by atoms with Gasteiger partial charge in [0, 0.05) is 28.1 Å². The van der Waals surface area contributed by atoms with Gasteiger partial charge < -0.3 is 5.11 Å². The van der Waals surface area contributed by atoms with Crippen molar-refractivity contribution in [1.29, 1.82) is 0 Å². The Labute approximate surface area is 189 Å². The molecule has 1 aliphatic rings. The summed E-state index contributed by atoms with van der Waals surface area (Å²) in [5.74, 6) is -1.57. The lowest BCUT2D eigenvalue weighted by Crippen LogP contribution is -2.29. The van der Waals surface area contributed by atoms with E-state index in [9.17, 15) is 14.7 Å². The molecule has 0 saturated carbocycles. The molecule has 1 aliphatic heterocycles. The number of anilines is 1. The molecule has 3 aromatic rings. The molecule has 1 N–H and O–H groups in total. The fourth-order valence-corrected chi connectivity index (χ4v) is 4.03. The van der Waals surface area contributed by atoms with Crippen molar-refractivity contribution in [3.63, 3.8) is 0 Å². The van der Waals surface area contributed by atoms with Gasteiger partial charge in [0.1, 0.15) is 5.76 Å². The standard InChI is InChI=1S/C25H21BrN2O3/c1-14-4-6-19(13-15(14)2)28-22(17-8-10-27-11-9-17)21(24(30)25(28)31)23(29)18-5-7-20(26)16(3)12-18/h4-13,22,29H,1-3H3/b23-21+. The summed E-state index contributed by atoms with van der Waals surface area (Å²) in [6.07, 6.45) is 3.22. The summed E-state index contributed by atoms with van der Waals surface area (Å²) >= 11 is 3.45. The largest absolute Gasteiger partial charge is 0.507 e. The molecule has 4 rings (SSSR count). The summed E-state index contributed by atoms with van der Waals surface area (Å²) in [5, 5.41) is 11.2. The number of pyridine rings is 1. The highest BCUT2D eigenvalue weighted by Crippen LogP contribution is 2.42. The first-order chi connectivity index (χ1) is 14.8. The predicted molar refractivity (Wildman–Crippen MR) is 124 cm³/mol. The average molecular weight is 477 g/mol. The molecule has 1 atom stereocenters. The van der Waals surface area contributed by atoms with Crippen LogP contribution >= 0.6 is 15.9 Å². The Morgan fingerprint density at radius 1 is 0.935 bits per heavy atom. The zero-order valence-corrected chi connectivity index (χ0v) is 19.0. The number of ketones is 1. The van der Waals surface area contributed by atoms with E-state index in [4.69, 9.17) is 0 Å². The number of amides is 1. The zero-order valence-electron chi connectivity index (χ0n) is 17.4. The molecule has 31 heavy (non-hydrogen) atoms. The fraction of sp³-hybridized carbons (Fsp3) is 0.160. The van der Waals surface area contributed by atoms with Gasteiger partial charge in [0.25, 0.3) is 11.7 Å². The maximum absolute atomic E-state index is 13.2. The van der Waals surface area contributed by atoms with Gasteiger partial charge >= 0.3 is 0 Å².